The Morgan fingerprint density at radius 1 is 1.15 bits per heavy atom. The van der Waals surface area contributed by atoms with E-state index in [4.69, 9.17) is 10.3 Å². The summed E-state index contributed by atoms with van der Waals surface area (Å²) in [5, 5.41) is 3.30. The summed E-state index contributed by atoms with van der Waals surface area (Å²) in [5.41, 5.74) is 13.4. The molecule has 0 heterocycles. The van der Waals surface area contributed by atoms with Crippen LogP contribution in [0.1, 0.15) is 58.2 Å². The van der Waals surface area contributed by atoms with Crippen molar-refractivity contribution in [3.8, 4) is 0 Å². The van der Waals surface area contributed by atoms with Crippen molar-refractivity contribution in [1.29, 1.82) is 5.53 Å². The van der Waals surface area contributed by atoms with E-state index in [0.717, 1.165) is 40.9 Å². The van der Waals surface area contributed by atoms with Gasteiger partial charge >= 0.3 is 6.18 Å². The molecule has 0 aliphatic heterocycles. The third kappa shape index (κ3) is 17.4. The smallest absolute Gasteiger partial charge is 0.396 e. The number of thioether (sulfide) groups is 1. The molecule has 3 N–H and O–H groups in total. The number of hydrogen-bond acceptors (Lipinski definition) is 5. The Balaban J connectivity index is -0.000000431. The van der Waals surface area contributed by atoms with E-state index in [0.29, 0.717) is 4.90 Å². The van der Waals surface area contributed by atoms with Crippen molar-refractivity contribution < 1.29 is 18.0 Å². The maximum atomic E-state index is 12.4. The molecule has 0 aromatic heterocycles. The number of carbonyl (C=O) groups excluding carboxylic acids is 1. The van der Waals surface area contributed by atoms with Crippen LogP contribution in [0.2, 0.25) is 0 Å². The Kier molecular flexibility index (Phi) is 22.2. The van der Waals surface area contributed by atoms with Crippen molar-refractivity contribution >= 4 is 23.4 Å². The Labute approximate surface area is 200 Å². The lowest BCUT2D eigenvalue weighted by Crippen LogP contribution is -2.04. The molecule has 0 unspecified atom stereocenters. The largest absolute Gasteiger partial charge is 0.416 e. The molecule has 0 saturated carbocycles. The summed E-state index contributed by atoms with van der Waals surface area (Å²) >= 11 is 1.26. The van der Waals surface area contributed by atoms with E-state index < -0.39 is 11.7 Å². The maximum absolute atomic E-state index is 12.4. The summed E-state index contributed by atoms with van der Waals surface area (Å²) in [6.45, 7) is 17.3. The summed E-state index contributed by atoms with van der Waals surface area (Å²) in [5.74, 6) is 1.33. The van der Waals surface area contributed by atoms with Crippen molar-refractivity contribution in [2.75, 3.05) is 0 Å². The topological polar surface area (TPSA) is 79.3 Å². The quantitative estimate of drug-likeness (QED) is 0.259. The summed E-state index contributed by atoms with van der Waals surface area (Å²) < 4.78 is 37.2. The Hall–Kier alpha value is -2.83. The third-order valence-corrected chi connectivity index (χ3v) is 4.35. The van der Waals surface area contributed by atoms with E-state index in [9.17, 15) is 13.2 Å². The van der Waals surface area contributed by atoms with Crippen LogP contribution in [0.15, 0.2) is 70.2 Å². The molecule has 0 atom stereocenters. The van der Waals surface area contributed by atoms with E-state index in [1.807, 2.05) is 52.0 Å². The lowest BCUT2D eigenvalue weighted by atomic mass is 10.1. The van der Waals surface area contributed by atoms with Crippen molar-refractivity contribution in [1.82, 2.24) is 0 Å². The highest BCUT2D eigenvalue weighted by Crippen LogP contribution is 2.35. The normalized spacial score (nSPS) is 8.91. The molecule has 33 heavy (non-hydrogen) atoms. The Morgan fingerprint density at radius 2 is 1.64 bits per heavy atom. The number of allylic oxidation sites excluding steroid dienone is 1. The first kappa shape index (κ1) is 34.8. The van der Waals surface area contributed by atoms with Crippen LogP contribution in [0.4, 0.5) is 18.9 Å². The molecule has 0 aliphatic rings. The van der Waals surface area contributed by atoms with Crippen LogP contribution in [0.5, 0.6) is 0 Å². The average molecular weight is 484 g/mol. The third-order valence-electron chi connectivity index (χ3n) is 3.34. The molecule has 2 aromatic carbocycles. The molecule has 0 bridgehead atoms. The van der Waals surface area contributed by atoms with Crippen LogP contribution in [-0.2, 0) is 17.4 Å². The van der Waals surface area contributed by atoms with Gasteiger partial charge in [0.1, 0.15) is 5.94 Å². The molecule has 2 rings (SSSR count). The number of aryl methyl sites for hydroxylation is 2. The minimum Gasteiger partial charge on any atom is -0.396 e. The Morgan fingerprint density at radius 3 is 1.97 bits per heavy atom. The number of benzene rings is 2. The Bertz CT molecular complexity index is 845. The molecular weight excluding hydrogens is 447 g/mol. The molecule has 0 saturated heterocycles. The fraction of sp³-hybridized carbons (Fsp3) is 0.360. The van der Waals surface area contributed by atoms with Gasteiger partial charge in [-0.05, 0) is 60.6 Å². The van der Waals surface area contributed by atoms with Crippen molar-refractivity contribution in [2.24, 2.45) is 10.8 Å². The molecule has 0 fully saturated rings. The summed E-state index contributed by atoms with van der Waals surface area (Å²) in [6.07, 6.45) is -2.42. The molecule has 2 aromatic rings. The molecule has 4 nitrogen and oxygen atoms in total. The van der Waals surface area contributed by atoms with Gasteiger partial charge in [-0.1, -0.05) is 71.2 Å². The summed E-state index contributed by atoms with van der Waals surface area (Å²) in [4.78, 5) is 10.3. The van der Waals surface area contributed by atoms with Gasteiger partial charge in [0, 0.05) is 4.90 Å². The zero-order valence-corrected chi connectivity index (χ0v) is 21.3. The van der Waals surface area contributed by atoms with Gasteiger partial charge in [0.05, 0.1) is 17.5 Å². The fourth-order valence-corrected chi connectivity index (χ4v) is 2.67. The molecule has 184 valence electrons. The second-order valence-electron chi connectivity index (χ2n) is 5.70. The van der Waals surface area contributed by atoms with E-state index >= 15 is 0 Å². The first-order valence-corrected chi connectivity index (χ1v) is 11.3. The number of rotatable bonds is 4. The van der Waals surface area contributed by atoms with Crippen LogP contribution < -0.4 is 5.73 Å². The van der Waals surface area contributed by atoms with Crippen molar-refractivity contribution in [2.45, 2.75) is 66.0 Å². The van der Waals surface area contributed by atoms with Gasteiger partial charge in [-0.2, -0.15) is 18.3 Å². The van der Waals surface area contributed by atoms with E-state index in [-0.39, 0.29) is 0 Å². The number of nitrogens with zero attached hydrogens (tertiary/aromatic N) is 1. The van der Waals surface area contributed by atoms with E-state index in [1.54, 1.807) is 13.8 Å². The SMILES string of the molecule is C=C(C)Sc1cc(C(F)(F)F)ccc1C.CC.CC.CCc1ccc(N=N)cc1.NC=C=O. The van der Waals surface area contributed by atoms with Gasteiger partial charge in [-0.3, -0.25) is 0 Å². The highest BCUT2D eigenvalue weighted by atomic mass is 32.2. The predicted molar refractivity (Wildman–Crippen MR) is 135 cm³/mol. The van der Waals surface area contributed by atoms with Gasteiger partial charge in [0.2, 0.25) is 0 Å². The van der Waals surface area contributed by atoms with E-state index in [1.165, 1.54) is 29.3 Å². The summed E-state index contributed by atoms with van der Waals surface area (Å²) in [7, 11) is 0. The highest BCUT2D eigenvalue weighted by Gasteiger charge is 2.30. The molecular formula is C25H36F3N3OS. The van der Waals surface area contributed by atoms with Crippen molar-refractivity contribution in [3.05, 3.63) is 76.8 Å². The minimum absolute atomic E-state index is 0.609. The van der Waals surface area contributed by atoms with Gasteiger partial charge < -0.3 is 5.73 Å². The molecule has 8 heteroatoms. The van der Waals surface area contributed by atoms with E-state index in [2.05, 4.69) is 24.4 Å². The first-order valence-electron chi connectivity index (χ1n) is 10.5. The second-order valence-corrected chi connectivity index (χ2v) is 7.04. The van der Waals surface area contributed by atoms with Gasteiger partial charge in [0.15, 0.2) is 0 Å². The number of nitrogens with two attached hydrogens (primary N) is 1. The lowest BCUT2D eigenvalue weighted by molar-refractivity contribution is -0.137. The number of alkyl halides is 3. The maximum Gasteiger partial charge on any atom is 0.416 e. The monoisotopic (exact) mass is 483 g/mol. The van der Waals surface area contributed by atoms with Gasteiger partial charge in [0.25, 0.3) is 0 Å². The molecule has 0 aliphatic carbocycles. The second kappa shape index (κ2) is 21.0. The van der Waals surface area contributed by atoms with Gasteiger partial charge in [-0.15, -0.1) is 0 Å². The highest BCUT2D eigenvalue weighted by molar-refractivity contribution is 8.03. The molecule has 0 amide bonds. The van der Waals surface area contributed by atoms with Crippen LogP contribution in [0, 0.1) is 12.5 Å². The van der Waals surface area contributed by atoms with Crippen LogP contribution >= 0.6 is 11.8 Å². The number of hydrogen-bond donors (Lipinski definition) is 2. The fourth-order valence-electron chi connectivity index (χ4n) is 1.88. The van der Waals surface area contributed by atoms with Crippen LogP contribution in [0.3, 0.4) is 0 Å². The van der Waals surface area contributed by atoms with Crippen LogP contribution in [0.25, 0.3) is 0 Å². The zero-order chi connectivity index (χ0) is 26.4. The lowest BCUT2D eigenvalue weighted by Gasteiger charge is -2.10. The minimum atomic E-state index is -4.28. The van der Waals surface area contributed by atoms with Crippen LogP contribution in [-0.4, -0.2) is 5.94 Å². The standard InChI is InChI=1S/C11H11F3S.C8H10N2.C2H3NO.2C2H6/c1-7(2)15-10-6-9(11(12,13)14)5-4-8(10)3;1-2-7-3-5-8(10-9)6-4-7;3-1-2-4;2*1-2/h4-6H,1H2,2-3H3;3-6,9H,2H2,1H3;1H,3H2;2*1-2H3. The molecule has 0 radical (unpaired) electrons. The zero-order valence-electron chi connectivity index (χ0n) is 20.5. The number of halogens is 3. The van der Waals surface area contributed by atoms with Gasteiger partial charge in [-0.25, -0.2) is 10.3 Å². The average Bonchev–Trinajstić information content (AvgIpc) is 2.82. The number of nitrogens with one attached hydrogen (secondary N) is 1. The molecule has 0 spiro atoms. The van der Waals surface area contributed by atoms with Crippen molar-refractivity contribution in [3.63, 3.8) is 0 Å². The summed E-state index contributed by atoms with van der Waals surface area (Å²) in [6, 6.07) is 11.4. The predicted octanol–water partition coefficient (Wildman–Crippen LogP) is 8.89. The first-order chi connectivity index (χ1) is 15.6.